The van der Waals surface area contributed by atoms with Gasteiger partial charge in [-0.25, -0.2) is 0 Å². The number of Topliss-reactive ketones (excluding diaryl/α,β-unsaturated/α-hetero) is 1. The minimum atomic E-state index is -0.374. The molecule has 22 heavy (non-hydrogen) atoms. The van der Waals surface area contributed by atoms with E-state index in [1.54, 1.807) is 0 Å². The van der Waals surface area contributed by atoms with Crippen molar-refractivity contribution in [3.8, 4) is 0 Å². The van der Waals surface area contributed by atoms with E-state index in [0.29, 0.717) is 12.2 Å². The largest absolute Gasteiger partial charge is 0.299 e. The molecule has 3 rings (SSSR count). The van der Waals surface area contributed by atoms with Gasteiger partial charge < -0.3 is 0 Å². The third kappa shape index (κ3) is 2.48. The first-order chi connectivity index (χ1) is 10.5. The van der Waals surface area contributed by atoms with Gasteiger partial charge in [-0.05, 0) is 18.2 Å². The summed E-state index contributed by atoms with van der Waals surface area (Å²) in [5.74, 6) is 0.341. The molecular formula is C20H23NO. The van der Waals surface area contributed by atoms with Crippen LogP contribution in [0.15, 0.2) is 60.7 Å². The molecule has 2 atom stereocenters. The zero-order chi connectivity index (χ0) is 15.7. The van der Waals surface area contributed by atoms with Crippen LogP contribution in [0.2, 0.25) is 0 Å². The van der Waals surface area contributed by atoms with E-state index >= 15 is 0 Å². The Kier molecular flexibility index (Phi) is 3.88. The van der Waals surface area contributed by atoms with Crippen molar-refractivity contribution in [3.63, 3.8) is 0 Å². The summed E-state index contributed by atoms with van der Waals surface area (Å²) in [4.78, 5) is 15.2. The fourth-order valence-electron chi connectivity index (χ4n) is 3.74. The number of ketones is 1. The minimum absolute atomic E-state index is 0.0974. The molecule has 0 saturated carbocycles. The number of rotatable bonds is 2. The van der Waals surface area contributed by atoms with E-state index in [1.165, 1.54) is 11.1 Å². The van der Waals surface area contributed by atoms with E-state index in [0.717, 1.165) is 0 Å². The van der Waals surface area contributed by atoms with Gasteiger partial charge in [0.25, 0.3) is 0 Å². The maximum Gasteiger partial charge on any atom is 0.142 e. The zero-order valence-corrected chi connectivity index (χ0v) is 13.5. The Morgan fingerprint density at radius 1 is 0.909 bits per heavy atom. The Bertz CT molecular complexity index is 648. The van der Waals surface area contributed by atoms with Crippen LogP contribution in [0.25, 0.3) is 0 Å². The monoisotopic (exact) mass is 293 g/mol. The third-order valence-electron chi connectivity index (χ3n) is 4.98. The molecule has 1 fully saturated rings. The van der Waals surface area contributed by atoms with Gasteiger partial charge in [0.05, 0.1) is 0 Å². The number of hydrogen-bond donors (Lipinski definition) is 0. The summed E-state index contributed by atoms with van der Waals surface area (Å²) in [6, 6.07) is 21.0. The Balaban J connectivity index is 2.04. The van der Waals surface area contributed by atoms with E-state index in [9.17, 15) is 4.79 Å². The number of nitrogens with zero attached hydrogens (tertiary/aromatic N) is 1. The highest BCUT2D eigenvalue weighted by atomic mass is 16.1. The molecule has 0 spiro atoms. The van der Waals surface area contributed by atoms with Gasteiger partial charge in [-0.3, -0.25) is 9.69 Å². The Morgan fingerprint density at radius 3 is 1.95 bits per heavy atom. The number of hydrogen-bond acceptors (Lipinski definition) is 2. The summed E-state index contributed by atoms with van der Waals surface area (Å²) in [6.45, 7) is 4.15. The van der Waals surface area contributed by atoms with Gasteiger partial charge in [0.2, 0.25) is 0 Å². The van der Waals surface area contributed by atoms with Crippen LogP contribution >= 0.6 is 0 Å². The lowest BCUT2D eigenvalue weighted by Gasteiger charge is -2.48. The molecule has 0 N–H and O–H groups in total. The second-order valence-corrected chi connectivity index (χ2v) is 6.75. The normalized spacial score (nSPS) is 25.1. The SMILES string of the molecule is CN1C(c2ccccc2)CC(=O)C(C)(C)C1c1ccccc1. The number of likely N-dealkylation sites (tertiary alicyclic amines) is 1. The van der Waals surface area contributed by atoms with Gasteiger partial charge in [-0.1, -0.05) is 74.5 Å². The molecular weight excluding hydrogens is 270 g/mol. The maximum atomic E-state index is 12.8. The van der Waals surface area contributed by atoms with Crippen LogP contribution in [-0.2, 0) is 4.79 Å². The van der Waals surface area contributed by atoms with Gasteiger partial charge in [0.1, 0.15) is 5.78 Å². The Labute approximate surface area is 132 Å². The van der Waals surface area contributed by atoms with Crippen LogP contribution in [0, 0.1) is 5.41 Å². The fraction of sp³-hybridized carbons (Fsp3) is 0.350. The average molecular weight is 293 g/mol. The Hall–Kier alpha value is -1.93. The van der Waals surface area contributed by atoms with Gasteiger partial charge in [0, 0.05) is 23.9 Å². The van der Waals surface area contributed by atoms with Crippen LogP contribution in [-0.4, -0.2) is 17.7 Å². The van der Waals surface area contributed by atoms with Gasteiger partial charge in [0.15, 0.2) is 0 Å². The first-order valence-corrected chi connectivity index (χ1v) is 7.87. The van der Waals surface area contributed by atoms with E-state index in [-0.39, 0.29) is 17.5 Å². The highest BCUT2D eigenvalue weighted by Gasteiger charge is 2.47. The summed E-state index contributed by atoms with van der Waals surface area (Å²) in [7, 11) is 2.14. The summed E-state index contributed by atoms with van der Waals surface area (Å²) in [6.07, 6.45) is 0.580. The van der Waals surface area contributed by atoms with Gasteiger partial charge in [-0.2, -0.15) is 0 Å². The summed E-state index contributed by atoms with van der Waals surface area (Å²) in [5, 5.41) is 0. The highest BCUT2D eigenvalue weighted by Crippen LogP contribution is 2.48. The average Bonchev–Trinajstić information content (AvgIpc) is 2.53. The molecule has 2 unspecified atom stereocenters. The molecule has 0 aromatic heterocycles. The molecule has 114 valence electrons. The molecule has 0 bridgehead atoms. The van der Waals surface area contributed by atoms with Gasteiger partial charge in [-0.15, -0.1) is 0 Å². The number of carbonyl (C=O) groups is 1. The zero-order valence-electron chi connectivity index (χ0n) is 13.5. The van der Waals surface area contributed by atoms with E-state index < -0.39 is 0 Å². The van der Waals surface area contributed by atoms with Gasteiger partial charge >= 0.3 is 0 Å². The molecule has 1 aliphatic rings. The standard InChI is InChI=1S/C20H23NO/c1-20(2)18(22)14-17(15-10-6-4-7-11-15)21(3)19(20)16-12-8-5-9-13-16/h4-13,17,19H,14H2,1-3H3. The van der Waals surface area contributed by atoms with Crippen molar-refractivity contribution < 1.29 is 4.79 Å². The number of benzene rings is 2. The van der Waals surface area contributed by atoms with E-state index in [1.807, 2.05) is 24.3 Å². The first kappa shape index (κ1) is 15.0. The van der Waals surface area contributed by atoms with Crippen molar-refractivity contribution in [2.45, 2.75) is 32.4 Å². The van der Waals surface area contributed by atoms with E-state index in [2.05, 4.69) is 62.2 Å². The van der Waals surface area contributed by atoms with Crippen LogP contribution in [0.5, 0.6) is 0 Å². The smallest absolute Gasteiger partial charge is 0.142 e. The molecule has 0 amide bonds. The van der Waals surface area contributed by atoms with Crippen LogP contribution < -0.4 is 0 Å². The summed E-state index contributed by atoms with van der Waals surface area (Å²) in [5.41, 5.74) is 2.06. The van der Waals surface area contributed by atoms with Crippen molar-refractivity contribution in [1.82, 2.24) is 4.90 Å². The van der Waals surface area contributed by atoms with Crippen molar-refractivity contribution in [2.75, 3.05) is 7.05 Å². The highest BCUT2D eigenvalue weighted by molar-refractivity contribution is 5.86. The molecule has 0 radical (unpaired) electrons. The lowest BCUT2D eigenvalue weighted by atomic mass is 9.70. The second-order valence-electron chi connectivity index (χ2n) is 6.75. The quantitative estimate of drug-likeness (QED) is 0.818. The predicted molar refractivity (Wildman–Crippen MR) is 89.5 cm³/mol. The van der Waals surface area contributed by atoms with Crippen molar-refractivity contribution in [1.29, 1.82) is 0 Å². The fourth-order valence-corrected chi connectivity index (χ4v) is 3.74. The topological polar surface area (TPSA) is 20.3 Å². The second kappa shape index (κ2) is 5.69. The maximum absolute atomic E-state index is 12.8. The number of piperidine rings is 1. The van der Waals surface area contributed by atoms with Crippen molar-refractivity contribution in [2.24, 2.45) is 5.41 Å². The van der Waals surface area contributed by atoms with Crippen molar-refractivity contribution in [3.05, 3.63) is 71.8 Å². The molecule has 2 aromatic rings. The summed E-state index contributed by atoms with van der Waals surface area (Å²) >= 11 is 0. The van der Waals surface area contributed by atoms with Crippen LogP contribution in [0.1, 0.15) is 43.5 Å². The molecule has 2 aromatic carbocycles. The predicted octanol–water partition coefficient (Wildman–Crippen LogP) is 4.40. The van der Waals surface area contributed by atoms with E-state index in [4.69, 9.17) is 0 Å². The molecule has 1 aliphatic heterocycles. The molecule has 2 nitrogen and oxygen atoms in total. The molecule has 0 aliphatic carbocycles. The molecule has 2 heteroatoms. The molecule has 1 saturated heterocycles. The lowest BCUT2D eigenvalue weighted by Crippen LogP contribution is -2.48. The number of carbonyl (C=O) groups excluding carboxylic acids is 1. The lowest BCUT2D eigenvalue weighted by molar-refractivity contribution is -0.139. The summed E-state index contributed by atoms with van der Waals surface area (Å²) < 4.78 is 0. The molecule has 1 heterocycles. The van der Waals surface area contributed by atoms with Crippen LogP contribution in [0.4, 0.5) is 0 Å². The third-order valence-corrected chi connectivity index (χ3v) is 4.98. The Morgan fingerprint density at radius 2 is 1.41 bits per heavy atom. The first-order valence-electron chi connectivity index (χ1n) is 7.87. The van der Waals surface area contributed by atoms with Crippen molar-refractivity contribution >= 4 is 5.78 Å². The minimum Gasteiger partial charge on any atom is -0.299 e. The van der Waals surface area contributed by atoms with Crippen LogP contribution in [0.3, 0.4) is 0 Å².